The summed E-state index contributed by atoms with van der Waals surface area (Å²) in [5.41, 5.74) is 3.41. The number of benzene rings is 1. The van der Waals surface area contributed by atoms with Crippen LogP contribution in [0.25, 0.3) is 10.9 Å². The molecule has 3 heterocycles. The molecule has 27 heavy (non-hydrogen) atoms. The first kappa shape index (κ1) is 17.5. The predicted molar refractivity (Wildman–Crippen MR) is 102 cm³/mol. The number of hydrogen-bond donors (Lipinski definition) is 0. The van der Waals surface area contributed by atoms with E-state index in [1.54, 1.807) is 18.6 Å². The van der Waals surface area contributed by atoms with Crippen LogP contribution in [0.5, 0.6) is 0 Å². The van der Waals surface area contributed by atoms with Crippen LogP contribution in [0.15, 0.2) is 48.9 Å². The zero-order chi connectivity index (χ0) is 18.6. The third-order valence-corrected chi connectivity index (χ3v) is 4.82. The van der Waals surface area contributed by atoms with Gasteiger partial charge in [-0.3, -0.25) is 14.8 Å². The maximum Gasteiger partial charge on any atom is 0.274 e. The Morgan fingerprint density at radius 2 is 2.15 bits per heavy atom. The molecule has 1 saturated heterocycles. The normalized spacial score (nSPS) is 17.7. The smallest absolute Gasteiger partial charge is 0.274 e. The number of nitrogens with zero attached hydrogens (tertiary/aromatic N) is 4. The van der Waals surface area contributed by atoms with Crippen LogP contribution in [0, 0.1) is 12.8 Å². The highest BCUT2D eigenvalue weighted by molar-refractivity contribution is 5.92. The summed E-state index contributed by atoms with van der Waals surface area (Å²) in [6, 6.07) is 10.3. The van der Waals surface area contributed by atoms with E-state index in [0.29, 0.717) is 32.0 Å². The van der Waals surface area contributed by atoms with Crippen molar-refractivity contribution in [1.29, 1.82) is 0 Å². The molecule has 1 fully saturated rings. The lowest BCUT2D eigenvalue weighted by molar-refractivity contribution is 0.0731. The third kappa shape index (κ3) is 4.11. The van der Waals surface area contributed by atoms with Crippen LogP contribution in [0.3, 0.4) is 0 Å². The molecule has 2 aromatic heterocycles. The minimum Gasteiger partial charge on any atom is -0.379 e. The largest absolute Gasteiger partial charge is 0.379 e. The lowest BCUT2D eigenvalue weighted by Crippen LogP contribution is -2.37. The summed E-state index contributed by atoms with van der Waals surface area (Å²) in [5.74, 6) is 0.157. The summed E-state index contributed by atoms with van der Waals surface area (Å²) in [4.78, 5) is 27.4. The summed E-state index contributed by atoms with van der Waals surface area (Å²) < 4.78 is 5.76. The minimum atomic E-state index is -0.0827. The Morgan fingerprint density at radius 3 is 3.00 bits per heavy atom. The molecule has 3 aromatic rings. The average molecular weight is 362 g/mol. The number of amides is 1. The van der Waals surface area contributed by atoms with Crippen molar-refractivity contribution >= 4 is 16.8 Å². The van der Waals surface area contributed by atoms with E-state index in [4.69, 9.17) is 4.74 Å². The van der Waals surface area contributed by atoms with Gasteiger partial charge in [0.05, 0.1) is 30.6 Å². The lowest BCUT2D eigenvalue weighted by atomic mass is 9.98. The number of ether oxygens (including phenoxy) is 1. The minimum absolute atomic E-state index is 0.0827. The molecular weight excluding hydrogens is 340 g/mol. The van der Waals surface area contributed by atoms with Crippen LogP contribution in [0.1, 0.15) is 21.7 Å². The maximum absolute atomic E-state index is 12.8. The lowest BCUT2D eigenvalue weighted by Gasteiger charge is -2.23. The maximum atomic E-state index is 12.8. The fourth-order valence-electron chi connectivity index (χ4n) is 3.44. The molecule has 4 rings (SSSR count). The number of carbonyl (C=O) groups is 1. The Balaban J connectivity index is 1.49. The molecular formula is C21H22N4O2. The van der Waals surface area contributed by atoms with Crippen molar-refractivity contribution in [3.8, 4) is 0 Å². The summed E-state index contributed by atoms with van der Waals surface area (Å²) in [5, 5.41) is 1.13. The Hall–Kier alpha value is -2.86. The number of aryl methyl sites for hydroxylation is 1. The highest BCUT2D eigenvalue weighted by Crippen LogP contribution is 2.19. The second kappa shape index (κ2) is 7.80. The first-order chi connectivity index (χ1) is 13.2. The van der Waals surface area contributed by atoms with Gasteiger partial charge in [-0.15, -0.1) is 0 Å². The van der Waals surface area contributed by atoms with E-state index in [2.05, 4.69) is 33.2 Å². The molecule has 0 N–H and O–H groups in total. The zero-order valence-electron chi connectivity index (χ0n) is 15.3. The molecule has 0 spiro atoms. The van der Waals surface area contributed by atoms with Crippen molar-refractivity contribution in [3.05, 3.63) is 65.9 Å². The van der Waals surface area contributed by atoms with Gasteiger partial charge in [0, 0.05) is 36.8 Å². The summed E-state index contributed by atoms with van der Waals surface area (Å²) >= 11 is 0. The molecule has 1 aliphatic heterocycles. The molecule has 1 atom stereocenters. The van der Waals surface area contributed by atoms with Crippen molar-refractivity contribution in [2.75, 3.05) is 26.3 Å². The van der Waals surface area contributed by atoms with Gasteiger partial charge in [0.25, 0.3) is 5.91 Å². The molecule has 1 aromatic carbocycles. The Morgan fingerprint density at radius 1 is 1.22 bits per heavy atom. The van der Waals surface area contributed by atoms with Crippen molar-refractivity contribution in [3.63, 3.8) is 0 Å². The topological polar surface area (TPSA) is 68.2 Å². The number of rotatable bonds is 3. The van der Waals surface area contributed by atoms with Crippen LogP contribution in [0.2, 0.25) is 0 Å². The Labute approximate surface area is 158 Å². The molecule has 6 nitrogen and oxygen atoms in total. The van der Waals surface area contributed by atoms with Crippen molar-refractivity contribution in [2.45, 2.75) is 13.3 Å². The van der Waals surface area contributed by atoms with E-state index in [0.717, 1.165) is 23.0 Å². The molecule has 6 heteroatoms. The molecule has 138 valence electrons. The monoisotopic (exact) mass is 362 g/mol. The van der Waals surface area contributed by atoms with Crippen molar-refractivity contribution in [2.24, 2.45) is 5.92 Å². The quantitative estimate of drug-likeness (QED) is 0.716. The molecule has 0 unspecified atom stereocenters. The molecule has 0 bridgehead atoms. The van der Waals surface area contributed by atoms with Crippen LogP contribution < -0.4 is 0 Å². The van der Waals surface area contributed by atoms with Crippen LogP contribution in [-0.2, 0) is 11.2 Å². The van der Waals surface area contributed by atoms with Crippen LogP contribution in [-0.4, -0.2) is 52.1 Å². The summed E-state index contributed by atoms with van der Waals surface area (Å²) in [6.07, 6.45) is 5.84. The van der Waals surface area contributed by atoms with E-state index in [-0.39, 0.29) is 11.8 Å². The first-order valence-corrected chi connectivity index (χ1v) is 9.18. The predicted octanol–water partition coefficient (Wildman–Crippen LogP) is 2.66. The number of fused-ring (bicyclic) bond motifs is 1. The number of aromatic nitrogens is 3. The van der Waals surface area contributed by atoms with Crippen molar-refractivity contribution in [1.82, 2.24) is 19.9 Å². The van der Waals surface area contributed by atoms with Gasteiger partial charge in [-0.05, 0) is 37.1 Å². The standard InChI is InChI=1S/C21H22N4O2/c1-15-11-24-20(12-23-15)21(26)25-7-8-27-14-17(13-25)9-16-4-5-19-18(10-16)3-2-6-22-19/h2-6,10-12,17H,7-9,13-14H2,1H3/t17-/m0/s1. The van der Waals surface area contributed by atoms with E-state index in [9.17, 15) is 4.79 Å². The van der Waals surface area contributed by atoms with Gasteiger partial charge in [0.1, 0.15) is 5.69 Å². The fourth-order valence-corrected chi connectivity index (χ4v) is 3.44. The van der Waals surface area contributed by atoms with Crippen molar-refractivity contribution < 1.29 is 9.53 Å². The highest BCUT2D eigenvalue weighted by Gasteiger charge is 2.24. The Bertz CT molecular complexity index is 942. The molecule has 1 amide bonds. The summed E-state index contributed by atoms with van der Waals surface area (Å²) in [7, 11) is 0. The first-order valence-electron chi connectivity index (χ1n) is 9.18. The second-order valence-electron chi connectivity index (χ2n) is 6.97. The highest BCUT2D eigenvalue weighted by atomic mass is 16.5. The number of hydrogen-bond acceptors (Lipinski definition) is 5. The van der Waals surface area contributed by atoms with Gasteiger partial charge in [-0.1, -0.05) is 12.1 Å². The third-order valence-electron chi connectivity index (χ3n) is 4.82. The molecule has 1 aliphatic rings. The van der Waals surface area contributed by atoms with Gasteiger partial charge < -0.3 is 9.64 Å². The fraction of sp³-hybridized carbons (Fsp3) is 0.333. The van der Waals surface area contributed by atoms with Crippen LogP contribution in [0.4, 0.5) is 0 Å². The van der Waals surface area contributed by atoms with Gasteiger partial charge >= 0.3 is 0 Å². The van der Waals surface area contributed by atoms with Gasteiger partial charge in [-0.25, -0.2) is 4.98 Å². The van der Waals surface area contributed by atoms with Gasteiger partial charge in [0.2, 0.25) is 0 Å². The van der Waals surface area contributed by atoms with E-state index < -0.39 is 0 Å². The van der Waals surface area contributed by atoms with Crippen LogP contribution >= 0.6 is 0 Å². The van der Waals surface area contributed by atoms with E-state index in [1.165, 1.54) is 5.56 Å². The Kier molecular flexibility index (Phi) is 5.07. The number of carbonyl (C=O) groups excluding carboxylic acids is 1. The van der Waals surface area contributed by atoms with Gasteiger partial charge in [-0.2, -0.15) is 0 Å². The number of pyridine rings is 1. The van der Waals surface area contributed by atoms with Gasteiger partial charge in [0.15, 0.2) is 0 Å². The van der Waals surface area contributed by atoms with E-state index >= 15 is 0 Å². The average Bonchev–Trinajstić information content (AvgIpc) is 2.93. The van der Waals surface area contributed by atoms with E-state index in [1.807, 2.05) is 24.0 Å². The SMILES string of the molecule is Cc1cnc(C(=O)N2CCOC[C@@H](Cc3ccc4ncccc4c3)C2)cn1. The molecule has 0 radical (unpaired) electrons. The molecule has 0 aliphatic carbocycles. The second-order valence-corrected chi connectivity index (χ2v) is 6.97. The zero-order valence-corrected chi connectivity index (χ0v) is 15.3. The molecule has 0 saturated carbocycles. The summed E-state index contributed by atoms with van der Waals surface area (Å²) in [6.45, 7) is 4.28.